The summed E-state index contributed by atoms with van der Waals surface area (Å²) in [7, 11) is 0. The van der Waals surface area contributed by atoms with Gasteiger partial charge >= 0.3 is 7.43 Å². The average molecular weight is 355 g/mol. The molecule has 0 saturated heterocycles. The molecule has 0 heterocycles. The lowest BCUT2D eigenvalue weighted by molar-refractivity contribution is -0.307. The normalized spacial score (nSPS) is 11.1. The van der Waals surface area contributed by atoms with Crippen molar-refractivity contribution in [3.8, 4) is 0 Å². The number of hydrogen-bond donors (Lipinski definition) is 0. The topological polar surface area (TPSA) is 80.3 Å². The lowest BCUT2D eigenvalue weighted by Gasteiger charge is -2.17. The Labute approximate surface area is 156 Å². The van der Waals surface area contributed by atoms with Crippen LogP contribution < -0.4 is 10.2 Å². The minimum atomic E-state index is -0.925. The van der Waals surface area contributed by atoms with Gasteiger partial charge in [0.2, 0.25) is 0 Å². The van der Waals surface area contributed by atoms with E-state index in [1.54, 1.807) is 0 Å². The molecule has 4 nitrogen and oxygen atoms in total. The molecule has 0 aliphatic rings. The van der Waals surface area contributed by atoms with Gasteiger partial charge in [-0.2, -0.15) is 0 Å². The molecule has 146 valence electrons. The minimum absolute atomic E-state index is 0. The number of hydrogen-bond acceptors (Lipinski definition) is 4. The Kier molecular flexibility index (Phi) is 17.1. The van der Waals surface area contributed by atoms with Crippen LogP contribution in [0.25, 0.3) is 0 Å². The van der Waals surface area contributed by atoms with Crippen molar-refractivity contribution in [3.63, 3.8) is 0 Å². The smallest absolute Gasteiger partial charge is 0.550 e. The van der Waals surface area contributed by atoms with E-state index in [4.69, 9.17) is 0 Å². The third kappa shape index (κ3) is 34.9. The highest BCUT2D eigenvalue weighted by Crippen LogP contribution is 2.22. The van der Waals surface area contributed by atoms with Gasteiger partial charge in [0.15, 0.2) is 0 Å². The first kappa shape index (κ1) is 28.5. The number of rotatable bonds is 10. The summed E-state index contributed by atoms with van der Waals surface area (Å²) in [6.45, 7) is 13.2. The van der Waals surface area contributed by atoms with Crippen molar-refractivity contribution < 1.29 is 19.8 Å². The molecule has 0 N–H and O–H groups in total. The summed E-state index contributed by atoms with van der Waals surface area (Å²) in [6, 6.07) is 0. The lowest BCUT2D eigenvalue weighted by Crippen LogP contribution is -2.21. The van der Waals surface area contributed by atoms with Crippen LogP contribution in [-0.2, 0) is 9.59 Å². The average Bonchev–Trinajstić information content (AvgIpc) is 2.35. The maximum atomic E-state index is 10.0. The van der Waals surface area contributed by atoms with Crippen molar-refractivity contribution in [2.75, 3.05) is 0 Å². The van der Waals surface area contributed by atoms with Crippen molar-refractivity contribution in [1.29, 1.82) is 0 Å². The van der Waals surface area contributed by atoms with Gasteiger partial charge in [-0.3, -0.25) is 0 Å². The molecule has 0 aliphatic heterocycles. The number of carboxylic acid groups (broad SMARTS) is 2. The Hall–Kier alpha value is -1.28. The van der Waals surface area contributed by atoms with Gasteiger partial charge in [0.1, 0.15) is 0 Å². The van der Waals surface area contributed by atoms with Gasteiger partial charge in [-0.1, -0.05) is 67.2 Å². The molecule has 4 heteroatoms. The summed E-state index contributed by atoms with van der Waals surface area (Å²) in [5.74, 6) is -1.85. The fraction of sp³-hybridized carbons (Fsp3) is 0.857. The highest BCUT2D eigenvalue weighted by molar-refractivity contribution is 5.64. The van der Waals surface area contributed by atoms with E-state index in [0.717, 1.165) is 38.5 Å². The quantitative estimate of drug-likeness (QED) is 0.562. The summed E-state index contributed by atoms with van der Waals surface area (Å²) in [4.78, 5) is 20.1. The van der Waals surface area contributed by atoms with E-state index in [0.29, 0.717) is 10.8 Å². The Morgan fingerprint density at radius 3 is 1.08 bits per heavy atom. The van der Waals surface area contributed by atoms with Gasteiger partial charge in [0.05, 0.1) is 0 Å². The Balaban J connectivity index is -0.000000372. The molecule has 0 amide bonds. The van der Waals surface area contributed by atoms with Crippen LogP contribution in [0.5, 0.6) is 0 Å². The van der Waals surface area contributed by atoms with Crippen LogP contribution in [-0.4, -0.2) is 11.9 Å². The Bertz CT molecular complexity index is 301. The first-order valence-corrected chi connectivity index (χ1v) is 9.23. The zero-order valence-electron chi connectivity index (χ0n) is 17.2. The third-order valence-corrected chi connectivity index (χ3v) is 3.62. The monoisotopic (exact) mass is 354 g/mol. The molecule has 0 aliphatic carbocycles. The van der Waals surface area contributed by atoms with Gasteiger partial charge in [0, 0.05) is 11.9 Å². The first-order chi connectivity index (χ1) is 10.8. The highest BCUT2D eigenvalue weighted by atomic mass is 16.4. The number of carbonyl (C=O) groups excluding carboxylic acids is 2. The standard InChI is InChI=1S/2C10H20O2.C/c2*1-10(2,3)8-6-4-5-7-9(11)12;/h2*4-8H2,1-3H3,(H,11,12);/q;;+2/p-2. The van der Waals surface area contributed by atoms with Crippen LogP contribution in [0.15, 0.2) is 0 Å². The zero-order valence-corrected chi connectivity index (χ0v) is 17.2. The third-order valence-electron chi connectivity index (χ3n) is 3.62. The van der Waals surface area contributed by atoms with Crippen LogP contribution in [0, 0.1) is 18.3 Å². The van der Waals surface area contributed by atoms with E-state index in [1.807, 2.05) is 0 Å². The molecule has 0 saturated carbocycles. The van der Waals surface area contributed by atoms with Gasteiger partial charge in [-0.25, -0.2) is 0 Å². The number of unbranched alkanes of at least 4 members (excludes halogenated alkanes) is 4. The lowest BCUT2D eigenvalue weighted by atomic mass is 9.89. The van der Waals surface area contributed by atoms with Crippen molar-refractivity contribution in [2.24, 2.45) is 10.8 Å². The van der Waals surface area contributed by atoms with E-state index < -0.39 is 11.9 Å². The van der Waals surface area contributed by atoms with E-state index in [2.05, 4.69) is 41.5 Å². The molecular formula is C21H38O4. The second-order valence-electron chi connectivity index (χ2n) is 8.99. The first-order valence-electron chi connectivity index (χ1n) is 9.23. The van der Waals surface area contributed by atoms with E-state index in [1.165, 1.54) is 12.8 Å². The van der Waals surface area contributed by atoms with E-state index >= 15 is 0 Å². The highest BCUT2D eigenvalue weighted by Gasteiger charge is 2.09. The molecule has 0 spiro atoms. The molecule has 0 fully saturated rings. The second-order valence-corrected chi connectivity index (χ2v) is 8.99. The van der Waals surface area contributed by atoms with Gasteiger partial charge in [0.25, 0.3) is 0 Å². The largest absolute Gasteiger partial charge is 2.00 e. The fourth-order valence-electron chi connectivity index (χ4n) is 2.20. The predicted molar refractivity (Wildman–Crippen MR) is 98.3 cm³/mol. The Morgan fingerprint density at radius 2 is 0.880 bits per heavy atom. The Morgan fingerprint density at radius 1 is 0.600 bits per heavy atom. The van der Waals surface area contributed by atoms with Crippen molar-refractivity contribution in [1.82, 2.24) is 0 Å². The van der Waals surface area contributed by atoms with Gasteiger partial charge in [-0.15, -0.1) is 0 Å². The second kappa shape index (κ2) is 15.0. The molecule has 0 bridgehead atoms. The van der Waals surface area contributed by atoms with Crippen LogP contribution >= 0.6 is 0 Å². The number of carboxylic acids is 2. The van der Waals surface area contributed by atoms with Crippen molar-refractivity contribution >= 4 is 11.9 Å². The molecule has 0 atom stereocenters. The molecule has 0 unspecified atom stereocenters. The molecule has 0 aromatic rings. The van der Waals surface area contributed by atoms with Gasteiger partial charge < -0.3 is 19.8 Å². The van der Waals surface area contributed by atoms with Crippen LogP contribution in [0.1, 0.15) is 106 Å². The number of aliphatic carboxylic acids is 2. The van der Waals surface area contributed by atoms with E-state index in [9.17, 15) is 19.8 Å². The maximum absolute atomic E-state index is 10.0. The summed E-state index contributed by atoms with van der Waals surface area (Å²) < 4.78 is 0. The summed E-state index contributed by atoms with van der Waals surface area (Å²) in [6.07, 6.45) is 8.54. The van der Waals surface area contributed by atoms with Gasteiger partial charge in [-0.05, 0) is 49.4 Å². The SMILES string of the molecule is CC(C)(C)CCCCCC(=O)[O-].CC(C)(C)CCCCCC(=O)[O-].[C+2]. The molecule has 0 aromatic carbocycles. The van der Waals surface area contributed by atoms with Crippen LogP contribution in [0.3, 0.4) is 0 Å². The zero-order chi connectivity index (χ0) is 19.2. The van der Waals surface area contributed by atoms with Crippen LogP contribution in [0.4, 0.5) is 0 Å². The molecule has 0 aromatic heterocycles. The maximum Gasteiger partial charge on any atom is 2.00 e. The van der Waals surface area contributed by atoms with Crippen LogP contribution in [0.2, 0.25) is 0 Å². The van der Waals surface area contributed by atoms with Crippen molar-refractivity contribution in [2.45, 2.75) is 106 Å². The molecule has 25 heavy (non-hydrogen) atoms. The summed E-state index contributed by atoms with van der Waals surface area (Å²) >= 11 is 0. The minimum Gasteiger partial charge on any atom is -0.550 e. The van der Waals surface area contributed by atoms with E-state index in [-0.39, 0.29) is 20.3 Å². The molecular weight excluding hydrogens is 316 g/mol. The molecule has 2 radical (unpaired) electrons. The predicted octanol–water partition coefficient (Wildman–Crippen LogP) is 3.55. The summed E-state index contributed by atoms with van der Waals surface area (Å²) in [5.41, 5.74) is 0.753. The van der Waals surface area contributed by atoms with Crippen molar-refractivity contribution in [3.05, 3.63) is 7.43 Å². The molecule has 0 rings (SSSR count). The summed E-state index contributed by atoms with van der Waals surface area (Å²) in [5, 5.41) is 20.1. The fourth-order valence-corrected chi connectivity index (χ4v) is 2.20. The number of carbonyl (C=O) groups is 2.